The second kappa shape index (κ2) is 9.45. The van der Waals surface area contributed by atoms with Crippen LogP contribution in [0.1, 0.15) is 44.6 Å². The normalized spacial score (nSPS) is 17.2. The monoisotopic (exact) mass is 308 g/mol. The molecular weight excluding hydrogens is 280 g/mol. The summed E-state index contributed by atoms with van der Waals surface area (Å²) in [6.07, 6.45) is 7.65. The highest BCUT2D eigenvalue weighted by atomic mass is 35.5. The van der Waals surface area contributed by atoms with Gasteiger partial charge < -0.3 is 10.2 Å². The van der Waals surface area contributed by atoms with Crippen LogP contribution in [0.3, 0.4) is 0 Å². The van der Waals surface area contributed by atoms with Gasteiger partial charge in [-0.05, 0) is 63.5 Å². The zero-order chi connectivity index (χ0) is 14.9. The van der Waals surface area contributed by atoms with Gasteiger partial charge in [-0.25, -0.2) is 0 Å². The van der Waals surface area contributed by atoms with Crippen LogP contribution in [0.15, 0.2) is 24.3 Å². The van der Waals surface area contributed by atoms with E-state index >= 15 is 0 Å². The molecule has 21 heavy (non-hydrogen) atoms. The number of nitrogens with one attached hydrogen (secondary N) is 1. The molecule has 0 atom stereocenters. The molecule has 0 bridgehead atoms. The Bertz CT molecular complexity index is 400. The molecule has 0 aromatic heterocycles. The smallest absolute Gasteiger partial charge is 0.0438 e. The van der Waals surface area contributed by atoms with Gasteiger partial charge in [0.15, 0.2) is 0 Å². The third kappa shape index (κ3) is 5.98. The molecule has 1 heterocycles. The highest BCUT2D eigenvalue weighted by Crippen LogP contribution is 2.16. The average molecular weight is 309 g/mol. The first-order valence-electron chi connectivity index (χ1n) is 8.48. The minimum absolute atomic E-state index is 0.690. The first-order valence-corrected chi connectivity index (χ1v) is 8.86. The molecule has 1 saturated heterocycles. The van der Waals surface area contributed by atoms with Crippen LogP contribution in [-0.2, 0) is 6.42 Å². The molecule has 2 nitrogen and oxygen atoms in total. The molecule has 0 radical (unpaired) electrons. The maximum Gasteiger partial charge on any atom is 0.0438 e. The second-order valence-electron chi connectivity index (χ2n) is 6.12. The van der Waals surface area contributed by atoms with Crippen molar-refractivity contribution in [1.29, 1.82) is 0 Å². The molecule has 1 aliphatic rings. The van der Waals surface area contributed by atoms with E-state index in [4.69, 9.17) is 11.6 Å². The molecule has 0 aliphatic carbocycles. The average Bonchev–Trinajstić information content (AvgIpc) is 2.51. The summed E-state index contributed by atoms with van der Waals surface area (Å²) >= 11 is 6.19. The van der Waals surface area contributed by atoms with Crippen molar-refractivity contribution in [3.63, 3.8) is 0 Å². The fourth-order valence-corrected chi connectivity index (χ4v) is 3.29. The van der Waals surface area contributed by atoms with Gasteiger partial charge in [-0.2, -0.15) is 0 Å². The van der Waals surface area contributed by atoms with Crippen molar-refractivity contribution in [3.05, 3.63) is 34.9 Å². The van der Waals surface area contributed by atoms with Gasteiger partial charge in [-0.15, -0.1) is 0 Å². The largest absolute Gasteiger partial charge is 0.314 e. The van der Waals surface area contributed by atoms with Crippen molar-refractivity contribution in [2.75, 3.05) is 26.2 Å². The standard InChI is InChI=1S/C18H29ClN2/c1-2-3-6-13-21-14-10-17(11-15-21)20-12-9-16-7-4-5-8-18(16)19/h4-5,7-8,17,20H,2-3,6,9-15H2,1H3. The third-order valence-electron chi connectivity index (χ3n) is 4.45. The number of benzene rings is 1. The Morgan fingerprint density at radius 2 is 1.95 bits per heavy atom. The lowest BCUT2D eigenvalue weighted by Gasteiger charge is -2.32. The molecule has 0 unspecified atom stereocenters. The summed E-state index contributed by atoms with van der Waals surface area (Å²) in [4.78, 5) is 2.63. The number of unbranched alkanes of at least 4 members (excludes halogenated alkanes) is 2. The van der Waals surface area contributed by atoms with Gasteiger partial charge >= 0.3 is 0 Å². The van der Waals surface area contributed by atoms with E-state index in [1.807, 2.05) is 12.1 Å². The maximum absolute atomic E-state index is 6.19. The van der Waals surface area contributed by atoms with Crippen molar-refractivity contribution in [3.8, 4) is 0 Å². The zero-order valence-corrected chi connectivity index (χ0v) is 14.0. The molecule has 0 spiro atoms. The number of nitrogens with zero attached hydrogens (tertiary/aromatic N) is 1. The molecule has 3 heteroatoms. The van der Waals surface area contributed by atoms with Gasteiger partial charge in [0.1, 0.15) is 0 Å². The molecule has 118 valence electrons. The summed E-state index contributed by atoms with van der Waals surface area (Å²) < 4.78 is 0. The van der Waals surface area contributed by atoms with Crippen LogP contribution in [0, 0.1) is 0 Å². The van der Waals surface area contributed by atoms with Gasteiger partial charge in [0.05, 0.1) is 0 Å². The van der Waals surface area contributed by atoms with Crippen LogP contribution in [0.4, 0.5) is 0 Å². The van der Waals surface area contributed by atoms with Gasteiger partial charge in [-0.1, -0.05) is 49.6 Å². The van der Waals surface area contributed by atoms with E-state index in [1.165, 1.54) is 57.3 Å². The van der Waals surface area contributed by atoms with E-state index in [0.717, 1.165) is 18.0 Å². The van der Waals surface area contributed by atoms with Gasteiger partial charge in [-0.3, -0.25) is 0 Å². The fourth-order valence-electron chi connectivity index (χ4n) is 3.06. The van der Waals surface area contributed by atoms with E-state index in [-0.39, 0.29) is 0 Å². The van der Waals surface area contributed by atoms with Crippen LogP contribution in [0.2, 0.25) is 5.02 Å². The van der Waals surface area contributed by atoms with Crippen molar-refractivity contribution in [2.45, 2.75) is 51.5 Å². The molecule has 1 fully saturated rings. The zero-order valence-electron chi connectivity index (χ0n) is 13.3. The summed E-state index contributed by atoms with van der Waals surface area (Å²) in [7, 11) is 0. The Morgan fingerprint density at radius 1 is 1.19 bits per heavy atom. The Kier molecular flexibility index (Phi) is 7.56. The van der Waals surface area contributed by atoms with Gasteiger partial charge in [0.25, 0.3) is 0 Å². The van der Waals surface area contributed by atoms with Crippen LogP contribution < -0.4 is 5.32 Å². The van der Waals surface area contributed by atoms with E-state index in [2.05, 4.69) is 29.3 Å². The van der Waals surface area contributed by atoms with E-state index < -0.39 is 0 Å². The quantitative estimate of drug-likeness (QED) is 0.727. The summed E-state index contributed by atoms with van der Waals surface area (Å²) in [5.41, 5.74) is 1.25. The molecule has 2 rings (SSSR count). The molecular formula is C18H29ClN2. The van der Waals surface area contributed by atoms with E-state index in [1.54, 1.807) is 0 Å². The molecule has 1 aromatic carbocycles. The number of rotatable bonds is 8. The minimum atomic E-state index is 0.690. The van der Waals surface area contributed by atoms with Crippen LogP contribution >= 0.6 is 11.6 Å². The first-order chi connectivity index (χ1) is 10.3. The Morgan fingerprint density at radius 3 is 2.67 bits per heavy atom. The summed E-state index contributed by atoms with van der Waals surface area (Å²) in [5.74, 6) is 0. The van der Waals surface area contributed by atoms with Crippen LogP contribution in [0.5, 0.6) is 0 Å². The molecule has 1 aliphatic heterocycles. The van der Waals surface area contributed by atoms with Crippen molar-refractivity contribution in [1.82, 2.24) is 10.2 Å². The predicted octanol–water partition coefficient (Wildman–Crippen LogP) is 4.13. The molecule has 1 aromatic rings. The van der Waals surface area contributed by atoms with E-state index in [0.29, 0.717) is 6.04 Å². The lowest BCUT2D eigenvalue weighted by Crippen LogP contribution is -2.43. The molecule has 0 saturated carbocycles. The predicted molar refractivity (Wildman–Crippen MR) is 92.1 cm³/mol. The van der Waals surface area contributed by atoms with Crippen molar-refractivity contribution in [2.24, 2.45) is 0 Å². The lowest BCUT2D eigenvalue weighted by atomic mass is 10.0. The highest BCUT2D eigenvalue weighted by molar-refractivity contribution is 6.31. The Balaban J connectivity index is 1.60. The Hall–Kier alpha value is -0.570. The molecule has 1 N–H and O–H groups in total. The number of halogens is 1. The summed E-state index contributed by atoms with van der Waals surface area (Å²) in [5, 5.41) is 4.59. The lowest BCUT2D eigenvalue weighted by molar-refractivity contribution is 0.195. The summed E-state index contributed by atoms with van der Waals surface area (Å²) in [6.45, 7) is 7.11. The van der Waals surface area contributed by atoms with E-state index in [9.17, 15) is 0 Å². The number of hydrogen-bond donors (Lipinski definition) is 1. The fraction of sp³-hybridized carbons (Fsp3) is 0.667. The van der Waals surface area contributed by atoms with Crippen LogP contribution in [0.25, 0.3) is 0 Å². The second-order valence-corrected chi connectivity index (χ2v) is 6.53. The minimum Gasteiger partial charge on any atom is -0.314 e. The number of piperidine rings is 1. The topological polar surface area (TPSA) is 15.3 Å². The summed E-state index contributed by atoms with van der Waals surface area (Å²) in [6, 6.07) is 8.85. The van der Waals surface area contributed by atoms with Gasteiger partial charge in [0, 0.05) is 11.1 Å². The number of likely N-dealkylation sites (tertiary alicyclic amines) is 1. The third-order valence-corrected chi connectivity index (χ3v) is 4.82. The number of hydrogen-bond acceptors (Lipinski definition) is 2. The SMILES string of the molecule is CCCCCN1CCC(NCCc2ccccc2Cl)CC1. The highest BCUT2D eigenvalue weighted by Gasteiger charge is 2.17. The van der Waals surface area contributed by atoms with Crippen molar-refractivity contribution < 1.29 is 0 Å². The first kappa shape index (κ1) is 16.8. The van der Waals surface area contributed by atoms with Crippen molar-refractivity contribution >= 4 is 11.6 Å². The Labute approximate surface area is 134 Å². The van der Waals surface area contributed by atoms with Gasteiger partial charge in [0.2, 0.25) is 0 Å². The maximum atomic E-state index is 6.19. The van der Waals surface area contributed by atoms with Crippen LogP contribution in [-0.4, -0.2) is 37.1 Å². The molecule has 0 amide bonds.